The molecule has 0 aromatic carbocycles. The molecular formula is C13H19N3O4S. The number of carbonyl (C=O) groups excluding carboxylic acids is 1. The molecule has 0 radical (unpaired) electrons. The van der Waals surface area contributed by atoms with E-state index in [1.54, 1.807) is 4.68 Å². The predicted molar refractivity (Wildman–Crippen MR) is 74.5 cm³/mol. The van der Waals surface area contributed by atoms with Crippen molar-refractivity contribution in [2.75, 3.05) is 18.6 Å². The van der Waals surface area contributed by atoms with Gasteiger partial charge in [-0.1, -0.05) is 0 Å². The van der Waals surface area contributed by atoms with Crippen LogP contribution in [0.15, 0.2) is 0 Å². The first-order valence-corrected chi connectivity index (χ1v) is 9.02. The molecule has 3 heterocycles. The van der Waals surface area contributed by atoms with Crippen molar-refractivity contribution in [2.45, 2.75) is 38.1 Å². The topological polar surface area (TPSA) is 91.2 Å². The van der Waals surface area contributed by atoms with E-state index in [0.717, 1.165) is 19.4 Å². The largest absolute Gasteiger partial charge is 0.468 e. The van der Waals surface area contributed by atoms with Gasteiger partial charge >= 0.3 is 5.97 Å². The molecule has 116 valence electrons. The quantitative estimate of drug-likeness (QED) is 0.746. The summed E-state index contributed by atoms with van der Waals surface area (Å²) in [5.41, 5.74) is 0. The maximum Gasteiger partial charge on any atom is 0.316 e. The maximum absolute atomic E-state index is 11.8. The lowest BCUT2D eigenvalue weighted by Crippen LogP contribution is -2.24. The first-order chi connectivity index (χ1) is 9.98. The van der Waals surface area contributed by atoms with Crippen LogP contribution in [0.3, 0.4) is 0 Å². The number of carbonyl (C=O) groups is 1. The highest BCUT2D eigenvalue weighted by molar-refractivity contribution is 7.91. The number of aryl methyl sites for hydroxylation is 1. The number of aromatic nitrogens is 3. The second kappa shape index (κ2) is 5.40. The maximum atomic E-state index is 11.8. The van der Waals surface area contributed by atoms with Crippen molar-refractivity contribution in [1.82, 2.24) is 14.8 Å². The van der Waals surface area contributed by atoms with Crippen molar-refractivity contribution in [1.29, 1.82) is 0 Å². The molecule has 1 aromatic rings. The predicted octanol–water partition coefficient (Wildman–Crippen LogP) is 0.306. The molecule has 2 aliphatic rings. The summed E-state index contributed by atoms with van der Waals surface area (Å²) in [5, 5.41) is 4.43. The molecule has 0 bridgehead atoms. The lowest BCUT2D eigenvalue weighted by Gasteiger charge is -2.19. The first kappa shape index (κ1) is 14.5. The number of ether oxygens (including phenoxy) is 1. The fourth-order valence-electron chi connectivity index (χ4n) is 3.14. The molecule has 0 aliphatic carbocycles. The highest BCUT2D eigenvalue weighted by Gasteiger charge is 2.33. The molecule has 21 heavy (non-hydrogen) atoms. The number of esters is 1. The van der Waals surface area contributed by atoms with Gasteiger partial charge < -0.3 is 4.74 Å². The van der Waals surface area contributed by atoms with Crippen LogP contribution in [-0.4, -0.2) is 47.8 Å². The average molecular weight is 313 g/mol. The average Bonchev–Trinajstić information content (AvgIpc) is 3.00. The molecular weight excluding hydrogens is 294 g/mol. The molecule has 0 N–H and O–H groups in total. The molecule has 0 spiro atoms. The van der Waals surface area contributed by atoms with Gasteiger partial charge in [0.2, 0.25) is 0 Å². The van der Waals surface area contributed by atoms with Gasteiger partial charge in [0.25, 0.3) is 0 Å². The Bertz CT molecular complexity index is 652. The smallest absolute Gasteiger partial charge is 0.316 e. The normalized spacial score (nSPS) is 27.3. The third-order valence-electron chi connectivity index (χ3n) is 4.20. The lowest BCUT2D eigenvalue weighted by atomic mass is 9.99. The van der Waals surface area contributed by atoms with E-state index in [-0.39, 0.29) is 29.3 Å². The molecule has 1 aromatic heterocycles. The SMILES string of the molecule is COC(=O)C1CCCn2nc(CC3CCS(=O)(=O)C3)nc21. The molecule has 3 rings (SSSR count). The summed E-state index contributed by atoms with van der Waals surface area (Å²) in [6.07, 6.45) is 2.83. The van der Waals surface area contributed by atoms with E-state index in [4.69, 9.17) is 4.74 Å². The van der Waals surface area contributed by atoms with E-state index in [2.05, 4.69) is 10.1 Å². The minimum absolute atomic E-state index is 0.0935. The molecule has 2 unspecified atom stereocenters. The Labute approximate surface area is 123 Å². The number of hydrogen-bond donors (Lipinski definition) is 0. The molecule has 8 heteroatoms. The highest BCUT2D eigenvalue weighted by Crippen LogP contribution is 2.28. The summed E-state index contributed by atoms with van der Waals surface area (Å²) < 4.78 is 29.6. The standard InChI is InChI=1S/C13H19N3O4S/c1-20-13(17)10-3-2-5-16-12(10)14-11(15-16)7-9-4-6-21(18,19)8-9/h9-10H,2-8H2,1H3. The van der Waals surface area contributed by atoms with Crippen LogP contribution in [0.4, 0.5) is 0 Å². The summed E-state index contributed by atoms with van der Waals surface area (Å²) >= 11 is 0. The highest BCUT2D eigenvalue weighted by atomic mass is 32.2. The van der Waals surface area contributed by atoms with Crippen molar-refractivity contribution < 1.29 is 17.9 Å². The zero-order valence-electron chi connectivity index (χ0n) is 12.0. The second-order valence-electron chi connectivity index (χ2n) is 5.80. The molecule has 2 atom stereocenters. The number of rotatable bonds is 3. The van der Waals surface area contributed by atoms with Crippen LogP contribution < -0.4 is 0 Å². The van der Waals surface area contributed by atoms with E-state index in [0.29, 0.717) is 24.5 Å². The van der Waals surface area contributed by atoms with Gasteiger partial charge in [0, 0.05) is 13.0 Å². The Kier molecular flexibility index (Phi) is 3.73. The molecule has 0 amide bonds. The summed E-state index contributed by atoms with van der Waals surface area (Å²) in [7, 11) is -1.51. The summed E-state index contributed by atoms with van der Waals surface area (Å²) in [6.45, 7) is 0.749. The molecule has 1 saturated heterocycles. The molecule has 7 nitrogen and oxygen atoms in total. The number of hydrogen-bond acceptors (Lipinski definition) is 6. The van der Waals surface area contributed by atoms with E-state index < -0.39 is 9.84 Å². The number of methoxy groups -OCH3 is 1. The van der Waals surface area contributed by atoms with E-state index >= 15 is 0 Å². The number of fused-ring (bicyclic) bond motifs is 1. The van der Waals surface area contributed by atoms with E-state index in [1.165, 1.54) is 7.11 Å². The Morgan fingerprint density at radius 2 is 2.24 bits per heavy atom. The van der Waals surface area contributed by atoms with Crippen LogP contribution in [0.2, 0.25) is 0 Å². The van der Waals surface area contributed by atoms with Gasteiger partial charge in [0.1, 0.15) is 11.7 Å². The van der Waals surface area contributed by atoms with Crippen molar-refractivity contribution in [2.24, 2.45) is 5.92 Å². The van der Waals surface area contributed by atoms with Crippen LogP contribution in [-0.2, 0) is 32.3 Å². The Hall–Kier alpha value is -1.44. The van der Waals surface area contributed by atoms with Crippen molar-refractivity contribution in [3.8, 4) is 0 Å². The van der Waals surface area contributed by atoms with Crippen LogP contribution in [0.25, 0.3) is 0 Å². The van der Waals surface area contributed by atoms with E-state index in [1.807, 2.05) is 0 Å². The van der Waals surface area contributed by atoms with Gasteiger partial charge in [-0.25, -0.2) is 18.1 Å². The van der Waals surface area contributed by atoms with Crippen molar-refractivity contribution >= 4 is 15.8 Å². The van der Waals surface area contributed by atoms with Gasteiger partial charge in [-0.3, -0.25) is 4.79 Å². The van der Waals surface area contributed by atoms with Crippen LogP contribution in [0.1, 0.15) is 36.8 Å². The van der Waals surface area contributed by atoms with Gasteiger partial charge in [-0.2, -0.15) is 5.10 Å². The Balaban J connectivity index is 1.77. The van der Waals surface area contributed by atoms with Gasteiger partial charge in [-0.05, 0) is 25.2 Å². The zero-order chi connectivity index (χ0) is 15.0. The Morgan fingerprint density at radius 1 is 1.43 bits per heavy atom. The zero-order valence-corrected chi connectivity index (χ0v) is 12.8. The number of nitrogens with zero attached hydrogens (tertiary/aromatic N) is 3. The first-order valence-electron chi connectivity index (χ1n) is 7.20. The van der Waals surface area contributed by atoms with Crippen molar-refractivity contribution in [3.05, 3.63) is 11.6 Å². The third kappa shape index (κ3) is 2.95. The van der Waals surface area contributed by atoms with Crippen LogP contribution in [0.5, 0.6) is 0 Å². The summed E-state index contributed by atoms with van der Waals surface area (Å²) in [6, 6.07) is 0. The monoisotopic (exact) mass is 313 g/mol. The fourth-order valence-corrected chi connectivity index (χ4v) is 5.00. The van der Waals surface area contributed by atoms with Crippen LogP contribution >= 0.6 is 0 Å². The van der Waals surface area contributed by atoms with Gasteiger partial charge in [0.15, 0.2) is 15.7 Å². The third-order valence-corrected chi connectivity index (χ3v) is 6.04. The van der Waals surface area contributed by atoms with Gasteiger partial charge in [-0.15, -0.1) is 0 Å². The molecule has 2 aliphatic heterocycles. The second-order valence-corrected chi connectivity index (χ2v) is 8.03. The molecule has 1 fully saturated rings. The van der Waals surface area contributed by atoms with E-state index in [9.17, 15) is 13.2 Å². The fraction of sp³-hybridized carbons (Fsp3) is 0.769. The van der Waals surface area contributed by atoms with Gasteiger partial charge in [0.05, 0.1) is 18.6 Å². The minimum Gasteiger partial charge on any atom is -0.468 e. The molecule has 0 saturated carbocycles. The van der Waals surface area contributed by atoms with Crippen LogP contribution in [0, 0.1) is 5.92 Å². The van der Waals surface area contributed by atoms with Crippen molar-refractivity contribution in [3.63, 3.8) is 0 Å². The number of sulfone groups is 1. The summed E-state index contributed by atoms with van der Waals surface area (Å²) in [4.78, 5) is 16.3. The Morgan fingerprint density at radius 3 is 2.90 bits per heavy atom. The lowest BCUT2D eigenvalue weighted by molar-refractivity contribution is -0.143. The summed E-state index contributed by atoms with van der Waals surface area (Å²) in [5.74, 6) is 1.24. The minimum atomic E-state index is -2.88.